The molecule has 2 aromatic heterocycles. The van der Waals surface area contributed by atoms with Crippen LogP contribution in [0.25, 0.3) is 22.0 Å². The first kappa shape index (κ1) is 21.5. The summed E-state index contributed by atoms with van der Waals surface area (Å²) in [6, 6.07) is 18.5. The molecule has 4 rings (SSSR count). The van der Waals surface area contributed by atoms with Gasteiger partial charge in [-0.3, -0.25) is 14.6 Å². The molecule has 0 spiro atoms. The number of hydrogen-bond acceptors (Lipinski definition) is 6. The number of carbonyl (C=O) groups is 2. The third kappa shape index (κ3) is 4.95. The molecule has 0 unspecified atom stereocenters. The number of amides is 1. The van der Waals surface area contributed by atoms with Crippen molar-refractivity contribution in [3.63, 3.8) is 0 Å². The van der Waals surface area contributed by atoms with Crippen molar-refractivity contribution in [2.45, 2.75) is 11.9 Å². The molecule has 2 heterocycles. The van der Waals surface area contributed by atoms with Crippen molar-refractivity contribution in [2.24, 2.45) is 0 Å². The minimum Gasteiger partial charge on any atom is -0.497 e. The van der Waals surface area contributed by atoms with Gasteiger partial charge in [-0.2, -0.15) is 0 Å². The predicted octanol–water partition coefficient (Wildman–Crippen LogP) is 5.24. The summed E-state index contributed by atoms with van der Waals surface area (Å²) >= 11 is 1.35. The molecular formula is C25H21N3O3S. The number of fused-ring (bicyclic) bond motifs is 1. The van der Waals surface area contributed by atoms with Gasteiger partial charge in [0.1, 0.15) is 5.75 Å². The Labute approximate surface area is 190 Å². The Hall–Kier alpha value is -3.71. The minimum atomic E-state index is -0.152. The van der Waals surface area contributed by atoms with Crippen LogP contribution in [0.4, 0.5) is 5.69 Å². The van der Waals surface area contributed by atoms with Gasteiger partial charge in [-0.25, -0.2) is 4.98 Å². The van der Waals surface area contributed by atoms with Crippen molar-refractivity contribution >= 4 is 40.0 Å². The molecule has 0 aliphatic heterocycles. The Bertz CT molecular complexity index is 1280. The lowest BCUT2D eigenvalue weighted by molar-refractivity contribution is -0.113. The second kappa shape index (κ2) is 9.62. The fraction of sp³-hybridized carbons (Fsp3) is 0.120. The molecule has 0 saturated heterocycles. The Morgan fingerprint density at radius 2 is 1.88 bits per heavy atom. The number of nitrogens with zero attached hydrogens (tertiary/aromatic N) is 2. The van der Waals surface area contributed by atoms with E-state index in [0.29, 0.717) is 11.3 Å². The standard InChI is InChI=1S/C25H21N3O3S/c1-16(29)17-5-7-19(8-6-17)27-24(30)15-32-25-13-22(18-4-3-11-26-14-18)21-10-9-20(31-2)12-23(21)28-25/h3-14H,15H2,1-2H3,(H,27,30). The number of aromatic nitrogens is 2. The molecule has 0 bridgehead atoms. The molecule has 0 radical (unpaired) electrons. The fourth-order valence-electron chi connectivity index (χ4n) is 3.27. The van der Waals surface area contributed by atoms with E-state index in [0.717, 1.165) is 32.8 Å². The molecule has 6 nitrogen and oxygen atoms in total. The number of carbonyl (C=O) groups excluding carboxylic acids is 2. The summed E-state index contributed by atoms with van der Waals surface area (Å²) in [4.78, 5) is 32.8. The van der Waals surface area contributed by atoms with Gasteiger partial charge in [0, 0.05) is 40.7 Å². The fourth-order valence-corrected chi connectivity index (χ4v) is 3.99. The molecule has 1 N–H and O–H groups in total. The number of thioether (sulfide) groups is 1. The average Bonchev–Trinajstić information content (AvgIpc) is 2.82. The van der Waals surface area contributed by atoms with E-state index >= 15 is 0 Å². The molecule has 0 aliphatic carbocycles. The van der Waals surface area contributed by atoms with Crippen LogP contribution in [0.2, 0.25) is 0 Å². The zero-order valence-corrected chi connectivity index (χ0v) is 18.5. The van der Waals surface area contributed by atoms with Crippen LogP contribution in [0.5, 0.6) is 5.75 Å². The zero-order valence-electron chi connectivity index (χ0n) is 17.7. The summed E-state index contributed by atoms with van der Waals surface area (Å²) in [5, 5.41) is 4.56. The quantitative estimate of drug-likeness (QED) is 0.311. The number of nitrogens with one attached hydrogen (secondary N) is 1. The van der Waals surface area contributed by atoms with Crippen molar-refractivity contribution in [2.75, 3.05) is 18.2 Å². The third-order valence-electron chi connectivity index (χ3n) is 4.89. The van der Waals surface area contributed by atoms with Crippen LogP contribution in [-0.4, -0.2) is 34.5 Å². The Morgan fingerprint density at radius 1 is 1.06 bits per heavy atom. The minimum absolute atomic E-state index is 0.0122. The molecule has 0 fully saturated rings. The first-order chi connectivity index (χ1) is 15.5. The number of pyridine rings is 2. The highest BCUT2D eigenvalue weighted by Crippen LogP contribution is 2.33. The molecule has 160 valence electrons. The molecule has 2 aromatic carbocycles. The van der Waals surface area contributed by atoms with Crippen molar-refractivity contribution in [3.8, 4) is 16.9 Å². The number of benzene rings is 2. The molecule has 0 aliphatic rings. The number of methoxy groups -OCH3 is 1. The predicted molar refractivity (Wildman–Crippen MR) is 127 cm³/mol. The van der Waals surface area contributed by atoms with Crippen LogP contribution in [0.15, 0.2) is 78.1 Å². The Kier molecular flexibility index (Phi) is 6.47. The Balaban J connectivity index is 1.55. The summed E-state index contributed by atoms with van der Waals surface area (Å²) in [6.45, 7) is 1.51. The van der Waals surface area contributed by atoms with E-state index in [9.17, 15) is 9.59 Å². The van der Waals surface area contributed by atoms with Crippen LogP contribution >= 0.6 is 11.8 Å². The maximum absolute atomic E-state index is 12.5. The topological polar surface area (TPSA) is 81.2 Å². The molecule has 32 heavy (non-hydrogen) atoms. The van der Waals surface area contributed by atoms with Crippen molar-refractivity contribution in [1.82, 2.24) is 9.97 Å². The van der Waals surface area contributed by atoms with Gasteiger partial charge in [0.15, 0.2) is 5.78 Å². The summed E-state index contributed by atoms with van der Waals surface area (Å²) in [7, 11) is 1.62. The first-order valence-corrected chi connectivity index (χ1v) is 10.9. The summed E-state index contributed by atoms with van der Waals surface area (Å²) in [6.07, 6.45) is 3.55. The zero-order chi connectivity index (χ0) is 22.5. The molecule has 7 heteroatoms. The molecular weight excluding hydrogens is 422 g/mol. The van der Waals surface area contributed by atoms with E-state index < -0.39 is 0 Å². The van der Waals surface area contributed by atoms with Crippen LogP contribution in [0.3, 0.4) is 0 Å². The normalized spacial score (nSPS) is 10.7. The second-order valence-corrected chi connectivity index (χ2v) is 8.10. The van der Waals surface area contributed by atoms with Gasteiger partial charge < -0.3 is 10.1 Å². The van der Waals surface area contributed by atoms with Crippen molar-refractivity contribution in [3.05, 3.63) is 78.6 Å². The first-order valence-electron chi connectivity index (χ1n) is 9.96. The highest BCUT2D eigenvalue weighted by molar-refractivity contribution is 7.99. The van der Waals surface area contributed by atoms with Crippen molar-refractivity contribution < 1.29 is 14.3 Å². The number of rotatable bonds is 7. The lowest BCUT2D eigenvalue weighted by Crippen LogP contribution is -2.14. The number of ketones is 1. The highest BCUT2D eigenvalue weighted by Gasteiger charge is 2.12. The van der Waals surface area contributed by atoms with Gasteiger partial charge in [-0.1, -0.05) is 17.8 Å². The largest absolute Gasteiger partial charge is 0.497 e. The van der Waals surface area contributed by atoms with Crippen LogP contribution in [-0.2, 0) is 4.79 Å². The monoisotopic (exact) mass is 443 g/mol. The van der Waals surface area contributed by atoms with Gasteiger partial charge in [0.25, 0.3) is 0 Å². The van der Waals surface area contributed by atoms with Gasteiger partial charge in [-0.05, 0) is 61.0 Å². The van der Waals surface area contributed by atoms with E-state index in [1.165, 1.54) is 18.7 Å². The SMILES string of the molecule is COc1ccc2c(-c3cccnc3)cc(SCC(=O)Nc3ccc(C(C)=O)cc3)nc2c1. The molecule has 4 aromatic rings. The maximum Gasteiger partial charge on any atom is 0.234 e. The highest BCUT2D eigenvalue weighted by atomic mass is 32.2. The summed E-state index contributed by atoms with van der Waals surface area (Å²) in [5.41, 5.74) is 4.01. The van der Waals surface area contributed by atoms with Gasteiger partial charge in [0.05, 0.1) is 23.4 Å². The molecule has 0 saturated carbocycles. The number of anilines is 1. The maximum atomic E-state index is 12.5. The molecule has 0 atom stereocenters. The average molecular weight is 444 g/mol. The summed E-state index contributed by atoms with van der Waals surface area (Å²) in [5.74, 6) is 0.752. The van der Waals surface area contributed by atoms with E-state index in [4.69, 9.17) is 9.72 Å². The van der Waals surface area contributed by atoms with E-state index in [1.807, 2.05) is 42.6 Å². The van der Waals surface area contributed by atoms with Gasteiger partial charge in [0.2, 0.25) is 5.91 Å². The molecule has 1 amide bonds. The number of Topliss-reactive ketones (excluding diaryl/α,β-unsaturated/α-hetero) is 1. The van der Waals surface area contributed by atoms with E-state index in [2.05, 4.69) is 10.3 Å². The number of ether oxygens (including phenoxy) is 1. The van der Waals surface area contributed by atoms with Crippen LogP contribution in [0.1, 0.15) is 17.3 Å². The third-order valence-corrected chi connectivity index (χ3v) is 5.80. The lowest BCUT2D eigenvalue weighted by Gasteiger charge is -2.11. The van der Waals surface area contributed by atoms with Crippen LogP contribution in [0, 0.1) is 0 Å². The Morgan fingerprint density at radius 3 is 2.56 bits per heavy atom. The smallest absolute Gasteiger partial charge is 0.234 e. The van der Waals surface area contributed by atoms with Crippen LogP contribution < -0.4 is 10.1 Å². The number of hydrogen-bond donors (Lipinski definition) is 1. The second-order valence-electron chi connectivity index (χ2n) is 7.10. The lowest BCUT2D eigenvalue weighted by atomic mass is 10.0. The van der Waals surface area contributed by atoms with Gasteiger partial charge >= 0.3 is 0 Å². The van der Waals surface area contributed by atoms with Crippen molar-refractivity contribution in [1.29, 1.82) is 0 Å². The summed E-state index contributed by atoms with van der Waals surface area (Å²) < 4.78 is 5.35. The van der Waals surface area contributed by atoms with Gasteiger partial charge in [-0.15, -0.1) is 0 Å². The van der Waals surface area contributed by atoms with E-state index in [1.54, 1.807) is 37.6 Å². The van der Waals surface area contributed by atoms with E-state index in [-0.39, 0.29) is 17.4 Å².